The fraction of sp³-hybridized carbons (Fsp3) is 0.0556. The van der Waals surface area contributed by atoms with E-state index < -0.39 is 33.3 Å². The molecule has 0 bridgehead atoms. The van der Waals surface area contributed by atoms with Crippen LogP contribution in [-0.4, -0.2) is 20.9 Å². The number of nitrogens with one attached hydrogen (secondary N) is 1. The van der Waals surface area contributed by atoms with Gasteiger partial charge in [-0.2, -0.15) is 0 Å². The average molecular weight is 359 g/mol. The lowest BCUT2D eigenvalue weighted by atomic mass is 10.1. The van der Waals surface area contributed by atoms with Crippen molar-refractivity contribution < 1.29 is 22.3 Å². The zero-order valence-electron chi connectivity index (χ0n) is 13.0. The van der Waals surface area contributed by atoms with Crippen molar-refractivity contribution >= 4 is 26.7 Å². The summed E-state index contributed by atoms with van der Waals surface area (Å²) in [6.07, 6.45) is 0. The van der Waals surface area contributed by atoms with Crippen LogP contribution >= 0.6 is 0 Å². The molecule has 0 saturated heterocycles. The van der Waals surface area contributed by atoms with Gasteiger partial charge in [0, 0.05) is 0 Å². The van der Waals surface area contributed by atoms with Crippen molar-refractivity contribution in [3.05, 3.63) is 72.5 Å². The molecule has 3 rings (SSSR count). The Hall–Kier alpha value is -2.93. The number of rotatable bonds is 5. The van der Waals surface area contributed by atoms with Gasteiger partial charge in [0.15, 0.2) is 6.61 Å². The van der Waals surface area contributed by atoms with Crippen LogP contribution in [0.4, 0.5) is 4.39 Å². The van der Waals surface area contributed by atoms with E-state index in [0.29, 0.717) is 5.75 Å². The molecular formula is C18H14FNO4S. The van der Waals surface area contributed by atoms with Gasteiger partial charge in [-0.25, -0.2) is 17.5 Å². The molecule has 0 heterocycles. The van der Waals surface area contributed by atoms with E-state index in [1.54, 1.807) is 16.9 Å². The molecule has 0 aliphatic rings. The molecule has 0 aliphatic carbocycles. The highest BCUT2D eigenvalue weighted by molar-refractivity contribution is 7.90. The highest BCUT2D eigenvalue weighted by Gasteiger charge is 2.21. The molecular weight excluding hydrogens is 345 g/mol. The van der Waals surface area contributed by atoms with Crippen molar-refractivity contribution in [1.29, 1.82) is 0 Å². The lowest BCUT2D eigenvalue weighted by Gasteiger charge is -2.09. The first kappa shape index (κ1) is 16.9. The normalized spacial score (nSPS) is 11.2. The highest BCUT2D eigenvalue weighted by Crippen LogP contribution is 2.20. The van der Waals surface area contributed by atoms with Crippen molar-refractivity contribution in [2.45, 2.75) is 4.90 Å². The van der Waals surface area contributed by atoms with Gasteiger partial charge in [-0.15, -0.1) is 0 Å². The molecule has 3 aromatic carbocycles. The minimum atomic E-state index is -4.28. The maximum Gasteiger partial charge on any atom is 0.271 e. The van der Waals surface area contributed by atoms with Crippen molar-refractivity contribution in [3.63, 3.8) is 0 Å². The topological polar surface area (TPSA) is 72.5 Å². The van der Waals surface area contributed by atoms with Crippen molar-refractivity contribution in [1.82, 2.24) is 4.72 Å². The molecule has 0 saturated carbocycles. The van der Waals surface area contributed by atoms with Crippen LogP contribution in [0.15, 0.2) is 71.6 Å². The predicted octanol–water partition coefficient (Wildman–Crippen LogP) is 2.86. The quantitative estimate of drug-likeness (QED) is 0.760. The second-order valence-corrected chi connectivity index (χ2v) is 6.91. The van der Waals surface area contributed by atoms with Gasteiger partial charge in [0.1, 0.15) is 16.5 Å². The minimum absolute atomic E-state index is 0.428. The summed E-state index contributed by atoms with van der Waals surface area (Å²) in [5.74, 6) is -1.40. The standard InChI is InChI=1S/C18H14FNO4S/c19-16-7-3-4-8-17(16)25(22,23)20-18(21)12-24-15-10-9-13-5-1-2-6-14(13)11-15/h1-11H,12H2,(H,20,21). The first-order valence-corrected chi connectivity index (χ1v) is 8.86. The van der Waals surface area contributed by atoms with Crippen LogP contribution in [0.2, 0.25) is 0 Å². The molecule has 128 valence electrons. The Morgan fingerprint density at radius 2 is 1.64 bits per heavy atom. The monoisotopic (exact) mass is 359 g/mol. The van der Waals surface area contributed by atoms with Gasteiger partial charge in [0.05, 0.1) is 0 Å². The Morgan fingerprint density at radius 1 is 0.960 bits per heavy atom. The van der Waals surface area contributed by atoms with Crippen LogP contribution in [-0.2, 0) is 14.8 Å². The number of benzene rings is 3. The Labute approximate surface area is 144 Å². The lowest BCUT2D eigenvalue weighted by Crippen LogP contribution is -2.34. The lowest BCUT2D eigenvalue weighted by molar-refractivity contribution is -0.121. The van der Waals surface area contributed by atoms with E-state index in [1.165, 1.54) is 12.1 Å². The molecule has 5 nitrogen and oxygen atoms in total. The smallest absolute Gasteiger partial charge is 0.271 e. The molecule has 0 aliphatic heterocycles. The van der Waals surface area contributed by atoms with Gasteiger partial charge < -0.3 is 4.74 Å². The van der Waals surface area contributed by atoms with Gasteiger partial charge in [0.2, 0.25) is 0 Å². The molecule has 3 aromatic rings. The third-order valence-electron chi connectivity index (χ3n) is 3.47. The zero-order valence-corrected chi connectivity index (χ0v) is 13.8. The Balaban J connectivity index is 1.67. The number of amides is 1. The zero-order chi connectivity index (χ0) is 17.9. The average Bonchev–Trinajstić information content (AvgIpc) is 2.59. The highest BCUT2D eigenvalue weighted by atomic mass is 32.2. The molecule has 0 spiro atoms. The molecule has 1 amide bonds. The van der Waals surface area contributed by atoms with Crippen LogP contribution in [0.1, 0.15) is 0 Å². The Morgan fingerprint density at radius 3 is 2.40 bits per heavy atom. The summed E-state index contributed by atoms with van der Waals surface area (Å²) in [6.45, 7) is -0.508. The van der Waals surface area contributed by atoms with E-state index in [9.17, 15) is 17.6 Å². The number of carbonyl (C=O) groups excluding carboxylic acids is 1. The van der Waals surface area contributed by atoms with E-state index in [1.807, 2.05) is 30.3 Å². The number of ether oxygens (including phenoxy) is 1. The number of halogens is 1. The van der Waals surface area contributed by atoms with Gasteiger partial charge in [-0.3, -0.25) is 4.79 Å². The van der Waals surface area contributed by atoms with Crippen LogP contribution in [0.25, 0.3) is 10.8 Å². The van der Waals surface area contributed by atoms with Crippen LogP contribution < -0.4 is 9.46 Å². The first-order chi connectivity index (χ1) is 12.0. The molecule has 0 aromatic heterocycles. The van der Waals surface area contributed by atoms with Gasteiger partial charge in [-0.05, 0) is 35.0 Å². The van der Waals surface area contributed by atoms with Crippen LogP contribution in [0.3, 0.4) is 0 Å². The predicted molar refractivity (Wildman–Crippen MR) is 91.2 cm³/mol. The fourth-order valence-electron chi connectivity index (χ4n) is 2.30. The summed E-state index contributed by atoms with van der Waals surface area (Å²) in [4.78, 5) is 11.3. The Kier molecular flexibility index (Phi) is 4.67. The number of hydrogen-bond donors (Lipinski definition) is 1. The van der Waals surface area contributed by atoms with Crippen molar-refractivity contribution in [2.75, 3.05) is 6.61 Å². The van der Waals surface area contributed by atoms with Crippen LogP contribution in [0, 0.1) is 5.82 Å². The SMILES string of the molecule is O=C(COc1ccc2ccccc2c1)NS(=O)(=O)c1ccccc1F. The van der Waals surface area contributed by atoms with E-state index in [2.05, 4.69) is 0 Å². The molecule has 0 unspecified atom stereocenters. The van der Waals surface area contributed by atoms with E-state index in [-0.39, 0.29) is 0 Å². The summed E-state index contributed by atoms with van der Waals surface area (Å²) in [6, 6.07) is 17.7. The molecule has 0 fully saturated rings. The molecule has 0 radical (unpaired) electrons. The third-order valence-corrected chi connectivity index (χ3v) is 4.87. The largest absolute Gasteiger partial charge is 0.484 e. The van der Waals surface area contributed by atoms with Gasteiger partial charge >= 0.3 is 0 Å². The Bertz CT molecular complexity index is 1030. The number of sulfonamides is 1. The van der Waals surface area contributed by atoms with E-state index >= 15 is 0 Å². The number of hydrogen-bond acceptors (Lipinski definition) is 4. The molecule has 1 N–H and O–H groups in total. The summed E-state index contributed by atoms with van der Waals surface area (Å²) in [5, 5.41) is 1.95. The van der Waals surface area contributed by atoms with Crippen molar-refractivity contribution in [2.24, 2.45) is 0 Å². The summed E-state index contributed by atoms with van der Waals surface area (Å²) in [5.41, 5.74) is 0. The van der Waals surface area contributed by atoms with Crippen LogP contribution in [0.5, 0.6) is 5.75 Å². The molecule has 25 heavy (non-hydrogen) atoms. The number of carbonyl (C=O) groups is 1. The summed E-state index contributed by atoms with van der Waals surface area (Å²) < 4.78 is 44.7. The summed E-state index contributed by atoms with van der Waals surface area (Å²) >= 11 is 0. The minimum Gasteiger partial charge on any atom is -0.484 e. The maximum atomic E-state index is 13.6. The molecule has 0 atom stereocenters. The molecule has 7 heteroatoms. The van der Waals surface area contributed by atoms with Crippen molar-refractivity contribution in [3.8, 4) is 5.75 Å². The maximum absolute atomic E-state index is 13.6. The fourth-order valence-corrected chi connectivity index (χ4v) is 3.35. The first-order valence-electron chi connectivity index (χ1n) is 7.37. The number of fused-ring (bicyclic) bond motifs is 1. The van der Waals surface area contributed by atoms with E-state index in [0.717, 1.165) is 22.9 Å². The third kappa shape index (κ3) is 3.95. The van der Waals surface area contributed by atoms with Gasteiger partial charge in [0.25, 0.3) is 15.9 Å². The summed E-state index contributed by atoms with van der Waals surface area (Å²) in [7, 11) is -4.28. The van der Waals surface area contributed by atoms with Gasteiger partial charge in [-0.1, -0.05) is 42.5 Å². The second kappa shape index (κ2) is 6.90. The van der Waals surface area contributed by atoms with E-state index in [4.69, 9.17) is 4.74 Å². The second-order valence-electron chi connectivity index (χ2n) is 5.26.